The van der Waals surface area contributed by atoms with Crippen molar-refractivity contribution in [3.8, 4) is 0 Å². The highest BCUT2D eigenvalue weighted by atomic mass is 32.2. The maximum absolute atomic E-state index is 11.4. The van der Waals surface area contributed by atoms with Crippen LogP contribution in [-0.4, -0.2) is 40.4 Å². The third-order valence-electron chi connectivity index (χ3n) is 2.65. The lowest BCUT2D eigenvalue weighted by atomic mass is 10.2. The SMILES string of the molecule is COC(=O)c1ccc(Nc2nc(SC)nnc2C(N)=O)cc1. The fourth-order valence-electron chi connectivity index (χ4n) is 1.59. The predicted molar refractivity (Wildman–Crippen MR) is 81.2 cm³/mol. The number of nitrogens with one attached hydrogen (secondary N) is 1. The molecule has 0 atom stereocenters. The molecule has 1 amide bonds. The molecule has 2 rings (SSSR count). The van der Waals surface area contributed by atoms with Crippen molar-refractivity contribution < 1.29 is 14.3 Å². The summed E-state index contributed by atoms with van der Waals surface area (Å²) < 4.78 is 4.62. The second-order valence-corrected chi connectivity index (χ2v) is 4.83. The van der Waals surface area contributed by atoms with Gasteiger partial charge in [0.2, 0.25) is 5.16 Å². The summed E-state index contributed by atoms with van der Waals surface area (Å²) in [6.07, 6.45) is 1.79. The van der Waals surface area contributed by atoms with Crippen molar-refractivity contribution in [2.75, 3.05) is 18.7 Å². The van der Waals surface area contributed by atoms with Gasteiger partial charge in [-0.1, -0.05) is 11.8 Å². The molecule has 0 unspecified atom stereocenters. The molecule has 9 heteroatoms. The third-order valence-corrected chi connectivity index (χ3v) is 3.19. The standard InChI is InChI=1S/C13H13N5O3S/c1-21-12(20)7-3-5-8(6-4-7)15-11-9(10(14)19)17-18-13(16-11)22-2/h3-6H,1-2H3,(H2,14,19)(H,15,16,18). The predicted octanol–water partition coefficient (Wildman–Crippen LogP) is 1.22. The third kappa shape index (κ3) is 3.50. The molecular formula is C13H13N5O3S. The van der Waals surface area contributed by atoms with Gasteiger partial charge < -0.3 is 15.8 Å². The summed E-state index contributed by atoms with van der Waals surface area (Å²) in [4.78, 5) is 26.9. The number of amides is 1. The van der Waals surface area contributed by atoms with Crippen LogP contribution < -0.4 is 11.1 Å². The number of carbonyl (C=O) groups is 2. The van der Waals surface area contributed by atoms with Crippen LogP contribution >= 0.6 is 11.8 Å². The number of thioether (sulfide) groups is 1. The van der Waals surface area contributed by atoms with Gasteiger partial charge in [-0.05, 0) is 30.5 Å². The number of nitrogens with two attached hydrogens (primary N) is 1. The lowest BCUT2D eigenvalue weighted by Gasteiger charge is -2.09. The number of anilines is 2. The molecule has 0 aliphatic carbocycles. The van der Waals surface area contributed by atoms with Gasteiger partial charge in [0.1, 0.15) is 0 Å². The average molecular weight is 319 g/mol. The number of aromatic nitrogens is 3. The van der Waals surface area contributed by atoms with Gasteiger partial charge in [0.05, 0.1) is 12.7 Å². The number of hydrogen-bond donors (Lipinski definition) is 2. The zero-order valence-electron chi connectivity index (χ0n) is 11.9. The number of primary amides is 1. The number of rotatable bonds is 5. The van der Waals surface area contributed by atoms with Gasteiger partial charge in [-0.3, -0.25) is 4.79 Å². The minimum absolute atomic E-state index is 0.0603. The molecule has 8 nitrogen and oxygen atoms in total. The van der Waals surface area contributed by atoms with Crippen molar-refractivity contribution in [1.82, 2.24) is 15.2 Å². The summed E-state index contributed by atoms with van der Waals surface area (Å²) in [6, 6.07) is 6.47. The Kier molecular flexibility index (Phi) is 4.89. The lowest BCUT2D eigenvalue weighted by Crippen LogP contribution is -2.17. The molecule has 0 radical (unpaired) electrons. The first kappa shape index (κ1) is 15.7. The van der Waals surface area contributed by atoms with Crippen LogP contribution in [-0.2, 0) is 4.74 Å². The molecule has 0 saturated carbocycles. The molecule has 1 heterocycles. The van der Waals surface area contributed by atoms with Crippen molar-refractivity contribution in [3.05, 3.63) is 35.5 Å². The maximum atomic E-state index is 11.4. The molecule has 0 bridgehead atoms. The quantitative estimate of drug-likeness (QED) is 0.623. The Labute approximate surface area is 130 Å². The summed E-state index contributed by atoms with van der Waals surface area (Å²) in [6.45, 7) is 0. The fraction of sp³-hybridized carbons (Fsp3) is 0.154. The van der Waals surface area contributed by atoms with Crippen LogP contribution in [0.5, 0.6) is 0 Å². The number of benzene rings is 1. The minimum atomic E-state index is -0.735. The number of ether oxygens (including phenoxy) is 1. The Bertz CT molecular complexity index is 705. The zero-order valence-corrected chi connectivity index (χ0v) is 12.7. The van der Waals surface area contributed by atoms with E-state index in [0.29, 0.717) is 16.4 Å². The van der Waals surface area contributed by atoms with E-state index in [4.69, 9.17) is 5.73 Å². The molecule has 0 aliphatic rings. The molecule has 3 N–H and O–H groups in total. The van der Waals surface area contributed by atoms with Gasteiger partial charge >= 0.3 is 5.97 Å². The summed E-state index contributed by atoms with van der Waals surface area (Å²) in [5.74, 6) is -0.961. The topological polar surface area (TPSA) is 120 Å². The van der Waals surface area contributed by atoms with Gasteiger partial charge in [0.15, 0.2) is 11.5 Å². The summed E-state index contributed by atoms with van der Waals surface area (Å²) in [5.41, 5.74) is 6.22. The average Bonchev–Trinajstić information content (AvgIpc) is 2.54. The van der Waals surface area contributed by atoms with E-state index in [1.807, 2.05) is 0 Å². The molecule has 0 fully saturated rings. The summed E-state index contributed by atoms with van der Waals surface area (Å²) in [5, 5.41) is 10.9. The van der Waals surface area contributed by atoms with Crippen molar-refractivity contribution in [2.45, 2.75) is 5.16 Å². The molecule has 1 aromatic carbocycles. The van der Waals surface area contributed by atoms with Gasteiger partial charge in [-0.2, -0.15) is 0 Å². The van der Waals surface area contributed by atoms with Gasteiger partial charge in [-0.15, -0.1) is 10.2 Å². The van der Waals surface area contributed by atoms with Crippen LogP contribution in [0.15, 0.2) is 29.4 Å². The largest absolute Gasteiger partial charge is 0.465 e. The van der Waals surface area contributed by atoms with Crippen LogP contribution in [0.3, 0.4) is 0 Å². The second kappa shape index (κ2) is 6.85. The fourth-order valence-corrected chi connectivity index (χ4v) is 1.90. The monoisotopic (exact) mass is 319 g/mol. The number of methoxy groups -OCH3 is 1. The van der Waals surface area contributed by atoms with E-state index in [1.165, 1.54) is 18.9 Å². The highest BCUT2D eigenvalue weighted by molar-refractivity contribution is 7.98. The van der Waals surface area contributed by atoms with Crippen molar-refractivity contribution in [2.24, 2.45) is 5.73 Å². The normalized spacial score (nSPS) is 10.1. The Morgan fingerprint density at radius 3 is 2.45 bits per heavy atom. The van der Waals surface area contributed by atoms with Gasteiger partial charge in [0.25, 0.3) is 5.91 Å². The lowest BCUT2D eigenvalue weighted by molar-refractivity contribution is 0.0600. The van der Waals surface area contributed by atoms with Crippen LogP contribution in [0.1, 0.15) is 20.8 Å². The Morgan fingerprint density at radius 1 is 1.23 bits per heavy atom. The summed E-state index contributed by atoms with van der Waals surface area (Å²) >= 11 is 1.29. The van der Waals surface area contributed by atoms with Gasteiger partial charge in [-0.25, -0.2) is 9.78 Å². The highest BCUT2D eigenvalue weighted by Crippen LogP contribution is 2.20. The molecule has 22 heavy (non-hydrogen) atoms. The van der Waals surface area contributed by atoms with E-state index in [9.17, 15) is 9.59 Å². The molecule has 0 saturated heterocycles. The molecule has 1 aromatic heterocycles. The van der Waals surface area contributed by atoms with E-state index in [0.717, 1.165) is 0 Å². The van der Waals surface area contributed by atoms with Crippen LogP contribution in [0.25, 0.3) is 0 Å². The number of nitrogens with zero attached hydrogens (tertiary/aromatic N) is 3. The highest BCUT2D eigenvalue weighted by Gasteiger charge is 2.14. The first-order valence-electron chi connectivity index (χ1n) is 6.09. The van der Waals surface area contributed by atoms with E-state index in [-0.39, 0.29) is 11.5 Å². The maximum Gasteiger partial charge on any atom is 0.337 e. The number of hydrogen-bond acceptors (Lipinski definition) is 8. The molecule has 2 aromatic rings. The molecule has 0 aliphatic heterocycles. The Morgan fingerprint density at radius 2 is 1.91 bits per heavy atom. The minimum Gasteiger partial charge on any atom is -0.465 e. The van der Waals surface area contributed by atoms with Crippen LogP contribution in [0.2, 0.25) is 0 Å². The Hall–Kier alpha value is -2.68. The summed E-state index contributed by atoms with van der Waals surface area (Å²) in [7, 11) is 1.31. The molecule has 114 valence electrons. The zero-order chi connectivity index (χ0) is 16.1. The van der Waals surface area contributed by atoms with Crippen LogP contribution in [0.4, 0.5) is 11.5 Å². The van der Waals surface area contributed by atoms with Crippen molar-refractivity contribution >= 4 is 35.1 Å². The van der Waals surface area contributed by atoms with Gasteiger partial charge in [0, 0.05) is 5.69 Å². The van der Waals surface area contributed by atoms with E-state index in [2.05, 4.69) is 25.2 Å². The van der Waals surface area contributed by atoms with E-state index < -0.39 is 11.9 Å². The van der Waals surface area contributed by atoms with Crippen molar-refractivity contribution in [3.63, 3.8) is 0 Å². The second-order valence-electron chi connectivity index (χ2n) is 4.05. The number of esters is 1. The smallest absolute Gasteiger partial charge is 0.337 e. The number of carbonyl (C=O) groups excluding carboxylic acids is 2. The van der Waals surface area contributed by atoms with E-state index in [1.54, 1.807) is 30.5 Å². The van der Waals surface area contributed by atoms with Crippen molar-refractivity contribution in [1.29, 1.82) is 0 Å². The first-order chi connectivity index (χ1) is 10.5. The molecule has 0 spiro atoms. The first-order valence-corrected chi connectivity index (χ1v) is 7.31. The molecular weight excluding hydrogens is 306 g/mol. The van der Waals surface area contributed by atoms with Crippen LogP contribution in [0, 0.1) is 0 Å². The van der Waals surface area contributed by atoms with E-state index >= 15 is 0 Å². The Balaban J connectivity index is 2.29.